The number of imide groups is 1. The number of nitrogens with one attached hydrogen (secondary N) is 1. The molecule has 8 heteroatoms. The Morgan fingerprint density at radius 3 is 2.39 bits per heavy atom. The van der Waals surface area contributed by atoms with Crippen molar-refractivity contribution in [2.45, 2.75) is 13.5 Å². The smallest absolute Gasteiger partial charge is 0.333 e. The molecule has 0 aliphatic carbocycles. The van der Waals surface area contributed by atoms with Gasteiger partial charge in [-0.25, -0.2) is 9.69 Å². The largest absolute Gasteiger partial charge is 0.490 e. The van der Waals surface area contributed by atoms with Gasteiger partial charge in [0.15, 0.2) is 11.5 Å². The van der Waals surface area contributed by atoms with Gasteiger partial charge < -0.3 is 14.8 Å². The number of ether oxygens (including phenoxy) is 2. The van der Waals surface area contributed by atoms with Crippen LogP contribution in [-0.2, 0) is 11.4 Å². The normalized spacial score (nSPS) is 14.5. The predicted molar refractivity (Wildman–Crippen MR) is 137 cm³/mol. The van der Waals surface area contributed by atoms with Crippen LogP contribution in [0.4, 0.5) is 10.5 Å². The van der Waals surface area contributed by atoms with Crippen molar-refractivity contribution in [2.24, 2.45) is 0 Å². The van der Waals surface area contributed by atoms with Crippen LogP contribution < -0.4 is 19.7 Å². The fourth-order valence-corrected chi connectivity index (χ4v) is 3.76. The number of benzene rings is 3. The molecule has 1 N–H and O–H groups in total. The molecule has 4 rings (SSSR count). The summed E-state index contributed by atoms with van der Waals surface area (Å²) in [5, 5.41) is 3.15. The molecule has 33 heavy (non-hydrogen) atoms. The van der Waals surface area contributed by atoms with Gasteiger partial charge in [-0.3, -0.25) is 4.79 Å². The maximum atomic E-state index is 12.9. The molecular weight excluding hydrogens is 555 g/mol. The van der Waals surface area contributed by atoms with Gasteiger partial charge in [0.05, 0.1) is 12.3 Å². The van der Waals surface area contributed by atoms with Crippen molar-refractivity contribution in [1.29, 1.82) is 0 Å². The molecule has 1 aliphatic rings. The fourth-order valence-electron chi connectivity index (χ4n) is 3.27. The second-order valence-electron chi connectivity index (χ2n) is 7.16. The van der Waals surface area contributed by atoms with Gasteiger partial charge in [0.2, 0.25) is 0 Å². The van der Waals surface area contributed by atoms with Crippen LogP contribution in [0.3, 0.4) is 0 Å². The standard InChI is InChI=1S/C25H20ClIN2O4/c1-2-32-23-14-17(5-12-22(23)33-15-16-3-8-19(27)9-4-16)13-21-24(30)29(25(31)28-21)20-10-6-18(26)7-11-20/h3-14H,2,15H2,1H3,(H,28,31)/b21-13+. The Kier molecular flexibility index (Phi) is 7.20. The fraction of sp³-hybridized carbons (Fsp3) is 0.120. The van der Waals surface area contributed by atoms with Crippen molar-refractivity contribution in [3.05, 3.63) is 92.1 Å². The number of nitrogens with zero attached hydrogens (tertiary/aromatic N) is 1. The molecule has 0 unspecified atom stereocenters. The Morgan fingerprint density at radius 2 is 1.70 bits per heavy atom. The lowest BCUT2D eigenvalue weighted by molar-refractivity contribution is -0.113. The van der Waals surface area contributed by atoms with Crippen LogP contribution in [0.5, 0.6) is 11.5 Å². The highest BCUT2D eigenvalue weighted by atomic mass is 127. The van der Waals surface area contributed by atoms with E-state index in [4.69, 9.17) is 21.1 Å². The first-order valence-corrected chi connectivity index (χ1v) is 11.7. The summed E-state index contributed by atoms with van der Waals surface area (Å²) in [4.78, 5) is 26.3. The van der Waals surface area contributed by atoms with E-state index in [1.807, 2.05) is 37.3 Å². The van der Waals surface area contributed by atoms with E-state index >= 15 is 0 Å². The number of hydrogen-bond donors (Lipinski definition) is 1. The van der Waals surface area contributed by atoms with Gasteiger partial charge in [-0.15, -0.1) is 0 Å². The van der Waals surface area contributed by atoms with Crippen LogP contribution in [-0.4, -0.2) is 18.5 Å². The third-order valence-electron chi connectivity index (χ3n) is 4.85. The van der Waals surface area contributed by atoms with Gasteiger partial charge in [-0.2, -0.15) is 0 Å². The van der Waals surface area contributed by atoms with Crippen molar-refractivity contribution in [2.75, 3.05) is 11.5 Å². The minimum atomic E-state index is -0.518. The van der Waals surface area contributed by atoms with E-state index < -0.39 is 11.9 Å². The molecule has 1 fully saturated rings. The molecule has 0 radical (unpaired) electrons. The third kappa shape index (κ3) is 5.48. The van der Waals surface area contributed by atoms with Crippen molar-refractivity contribution >= 4 is 57.9 Å². The van der Waals surface area contributed by atoms with E-state index in [0.29, 0.717) is 41.0 Å². The summed E-state index contributed by atoms with van der Waals surface area (Å²) in [6, 6.07) is 19.4. The Bertz CT molecular complexity index is 1210. The first kappa shape index (κ1) is 23.1. The second kappa shape index (κ2) is 10.3. The summed E-state index contributed by atoms with van der Waals surface area (Å²) < 4.78 is 12.9. The molecule has 0 atom stereocenters. The van der Waals surface area contributed by atoms with Crippen molar-refractivity contribution in [1.82, 2.24) is 5.32 Å². The topological polar surface area (TPSA) is 67.9 Å². The van der Waals surface area contributed by atoms with Crippen molar-refractivity contribution < 1.29 is 19.1 Å². The lowest BCUT2D eigenvalue weighted by atomic mass is 10.1. The highest BCUT2D eigenvalue weighted by Gasteiger charge is 2.34. The van der Waals surface area contributed by atoms with Gasteiger partial charge in [0.25, 0.3) is 5.91 Å². The number of carbonyl (C=O) groups is 2. The van der Waals surface area contributed by atoms with Crippen LogP contribution in [0.15, 0.2) is 72.4 Å². The number of anilines is 1. The summed E-state index contributed by atoms with van der Waals surface area (Å²) in [6.07, 6.45) is 1.61. The van der Waals surface area contributed by atoms with E-state index in [2.05, 4.69) is 27.9 Å². The summed E-state index contributed by atoms with van der Waals surface area (Å²) in [5.41, 5.74) is 2.36. The molecule has 168 valence electrons. The predicted octanol–water partition coefficient (Wildman–Crippen LogP) is 6.02. The zero-order chi connectivity index (χ0) is 23.4. The molecule has 3 aromatic rings. The van der Waals surface area contributed by atoms with Gasteiger partial charge >= 0.3 is 6.03 Å². The molecule has 3 amide bonds. The molecule has 1 saturated heterocycles. The molecule has 0 spiro atoms. The number of amides is 3. The van der Waals surface area contributed by atoms with Crippen LogP contribution >= 0.6 is 34.2 Å². The summed E-state index contributed by atoms with van der Waals surface area (Å²) in [5.74, 6) is 0.713. The summed E-state index contributed by atoms with van der Waals surface area (Å²) >= 11 is 8.17. The van der Waals surface area contributed by atoms with Gasteiger partial charge in [0.1, 0.15) is 12.3 Å². The Balaban J connectivity index is 1.54. The minimum Gasteiger partial charge on any atom is -0.490 e. The maximum absolute atomic E-state index is 12.9. The van der Waals surface area contributed by atoms with E-state index in [-0.39, 0.29) is 5.70 Å². The van der Waals surface area contributed by atoms with Gasteiger partial charge in [-0.05, 0) is 95.2 Å². The molecule has 1 heterocycles. The Hall–Kier alpha value is -3.04. The zero-order valence-corrected chi connectivity index (χ0v) is 20.6. The van der Waals surface area contributed by atoms with Gasteiger partial charge in [0, 0.05) is 8.59 Å². The van der Waals surface area contributed by atoms with Crippen LogP contribution in [0.25, 0.3) is 6.08 Å². The highest BCUT2D eigenvalue weighted by Crippen LogP contribution is 2.31. The summed E-state index contributed by atoms with van der Waals surface area (Å²) in [7, 11) is 0. The third-order valence-corrected chi connectivity index (χ3v) is 5.82. The molecule has 3 aromatic carbocycles. The van der Waals surface area contributed by atoms with Crippen LogP contribution in [0, 0.1) is 3.57 Å². The average molecular weight is 575 g/mol. The molecule has 6 nitrogen and oxygen atoms in total. The van der Waals surface area contributed by atoms with Crippen molar-refractivity contribution in [3.8, 4) is 11.5 Å². The Labute approximate surface area is 210 Å². The van der Waals surface area contributed by atoms with E-state index in [1.165, 1.54) is 0 Å². The number of hydrogen-bond acceptors (Lipinski definition) is 4. The quantitative estimate of drug-likeness (QED) is 0.213. The first-order valence-electron chi connectivity index (χ1n) is 10.2. The van der Waals surface area contributed by atoms with Crippen molar-refractivity contribution in [3.63, 3.8) is 0 Å². The number of rotatable bonds is 7. The van der Waals surface area contributed by atoms with E-state index in [0.717, 1.165) is 14.0 Å². The monoisotopic (exact) mass is 574 g/mol. The van der Waals surface area contributed by atoms with E-state index in [1.54, 1.807) is 42.5 Å². The maximum Gasteiger partial charge on any atom is 0.333 e. The number of halogens is 2. The highest BCUT2D eigenvalue weighted by molar-refractivity contribution is 14.1. The minimum absolute atomic E-state index is 0.171. The lowest BCUT2D eigenvalue weighted by Crippen LogP contribution is -2.30. The number of carbonyl (C=O) groups excluding carboxylic acids is 2. The average Bonchev–Trinajstić information content (AvgIpc) is 3.08. The SMILES string of the molecule is CCOc1cc(/C=C2/NC(=O)N(c3ccc(Cl)cc3)C2=O)ccc1OCc1ccc(I)cc1. The Morgan fingerprint density at radius 1 is 0.970 bits per heavy atom. The lowest BCUT2D eigenvalue weighted by Gasteiger charge is -2.13. The van der Waals surface area contributed by atoms with Crippen LogP contribution in [0.1, 0.15) is 18.1 Å². The second-order valence-corrected chi connectivity index (χ2v) is 8.84. The van der Waals surface area contributed by atoms with Crippen LogP contribution in [0.2, 0.25) is 5.02 Å². The number of urea groups is 1. The molecule has 0 bridgehead atoms. The summed E-state index contributed by atoms with van der Waals surface area (Å²) in [6.45, 7) is 2.75. The molecule has 1 aliphatic heterocycles. The molecule has 0 saturated carbocycles. The van der Waals surface area contributed by atoms with E-state index in [9.17, 15) is 9.59 Å². The zero-order valence-electron chi connectivity index (χ0n) is 17.7. The molecular formula is C25H20ClIN2O4. The first-order chi connectivity index (χ1) is 15.9. The van der Waals surface area contributed by atoms with Gasteiger partial charge in [-0.1, -0.05) is 29.8 Å². The molecule has 0 aromatic heterocycles.